The fraction of sp³-hybridized carbons (Fsp3) is 0.188. The second kappa shape index (κ2) is 6.01. The maximum Gasteiger partial charge on any atom is 0.0739 e. The Morgan fingerprint density at radius 1 is 1.00 bits per heavy atom. The van der Waals surface area contributed by atoms with Gasteiger partial charge in [0.1, 0.15) is 0 Å². The van der Waals surface area contributed by atoms with Crippen LogP contribution in [0.1, 0.15) is 18.1 Å². The molecule has 0 atom stereocenters. The maximum absolute atomic E-state index is 4.65. The van der Waals surface area contributed by atoms with Crippen LogP contribution in [-0.4, -0.2) is 19.3 Å². The molecule has 2 aromatic carbocycles. The zero-order valence-electron chi connectivity index (χ0n) is 10.9. The van der Waals surface area contributed by atoms with E-state index >= 15 is 0 Å². The van der Waals surface area contributed by atoms with Crippen LogP contribution >= 0.6 is 0 Å². The molecule has 2 nitrogen and oxygen atoms in total. The maximum atomic E-state index is 4.65. The standard InChI is InChI=1S/C16H18N2/c1-3-18-16(13-9-5-4-6-10-13)14-11-7-8-12-15(14)17-2/h4-12,17H,3H2,1-2H3. The van der Waals surface area contributed by atoms with Gasteiger partial charge in [0.2, 0.25) is 0 Å². The van der Waals surface area contributed by atoms with E-state index < -0.39 is 0 Å². The Hall–Kier alpha value is -2.09. The Morgan fingerprint density at radius 2 is 1.67 bits per heavy atom. The van der Waals surface area contributed by atoms with Gasteiger partial charge in [-0.05, 0) is 13.0 Å². The van der Waals surface area contributed by atoms with Gasteiger partial charge in [-0.2, -0.15) is 0 Å². The molecule has 0 saturated carbocycles. The Labute approximate surface area is 108 Å². The Morgan fingerprint density at radius 3 is 2.33 bits per heavy atom. The van der Waals surface area contributed by atoms with E-state index in [0.717, 1.165) is 29.1 Å². The summed E-state index contributed by atoms with van der Waals surface area (Å²) in [6.45, 7) is 2.84. The van der Waals surface area contributed by atoms with Gasteiger partial charge in [0.05, 0.1) is 5.71 Å². The number of hydrogen-bond donors (Lipinski definition) is 1. The molecule has 92 valence electrons. The molecule has 0 spiro atoms. The second-order valence-electron chi connectivity index (χ2n) is 3.98. The van der Waals surface area contributed by atoms with Crippen LogP contribution in [0.4, 0.5) is 5.69 Å². The summed E-state index contributed by atoms with van der Waals surface area (Å²) < 4.78 is 0. The lowest BCUT2D eigenvalue weighted by atomic mass is 10.0. The minimum atomic E-state index is 0.780. The van der Waals surface area contributed by atoms with Gasteiger partial charge in [-0.1, -0.05) is 48.5 Å². The highest BCUT2D eigenvalue weighted by Crippen LogP contribution is 2.19. The average Bonchev–Trinajstić information content (AvgIpc) is 2.46. The van der Waals surface area contributed by atoms with Crippen LogP contribution in [-0.2, 0) is 0 Å². The Kier molecular flexibility index (Phi) is 4.13. The van der Waals surface area contributed by atoms with Gasteiger partial charge >= 0.3 is 0 Å². The van der Waals surface area contributed by atoms with E-state index in [0.29, 0.717) is 0 Å². The van der Waals surface area contributed by atoms with Crippen molar-refractivity contribution in [3.63, 3.8) is 0 Å². The van der Waals surface area contributed by atoms with E-state index in [1.165, 1.54) is 0 Å². The number of aliphatic imine (C=N–C) groups is 1. The summed E-state index contributed by atoms with van der Waals surface area (Å²) in [5.41, 5.74) is 4.45. The second-order valence-corrected chi connectivity index (χ2v) is 3.98. The van der Waals surface area contributed by atoms with Crippen molar-refractivity contribution in [2.24, 2.45) is 4.99 Å². The topological polar surface area (TPSA) is 24.4 Å². The molecule has 1 N–H and O–H groups in total. The molecule has 0 amide bonds. The molecule has 0 aliphatic carbocycles. The van der Waals surface area contributed by atoms with Gasteiger partial charge in [-0.15, -0.1) is 0 Å². The number of nitrogens with one attached hydrogen (secondary N) is 1. The third kappa shape index (κ3) is 2.59. The molecule has 0 unspecified atom stereocenters. The van der Waals surface area contributed by atoms with Crippen LogP contribution in [0, 0.1) is 0 Å². The Bertz CT molecular complexity index is 530. The first-order chi connectivity index (χ1) is 8.86. The molecule has 0 aliphatic rings. The van der Waals surface area contributed by atoms with E-state index in [9.17, 15) is 0 Å². The van der Waals surface area contributed by atoms with Crippen molar-refractivity contribution in [1.29, 1.82) is 0 Å². The summed E-state index contributed by atoms with van der Waals surface area (Å²) in [7, 11) is 1.94. The summed E-state index contributed by atoms with van der Waals surface area (Å²) in [4.78, 5) is 4.65. The van der Waals surface area contributed by atoms with E-state index in [-0.39, 0.29) is 0 Å². The van der Waals surface area contributed by atoms with Crippen molar-refractivity contribution in [1.82, 2.24) is 0 Å². The SMILES string of the molecule is CCN=C(c1ccccc1)c1ccccc1NC. The van der Waals surface area contributed by atoms with Crippen LogP contribution < -0.4 is 5.32 Å². The first kappa shape index (κ1) is 12.4. The molecule has 0 aromatic heterocycles. The van der Waals surface area contributed by atoms with Crippen LogP contribution in [0.5, 0.6) is 0 Å². The summed E-state index contributed by atoms with van der Waals surface area (Å²) >= 11 is 0. The molecule has 0 saturated heterocycles. The zero-order chi connectivity index (χ0) is 12.8. The highest BCUT2D eigenvalue weighted by atomic mass is 14.8. The largest absolute Gasteiger partial charge is 0.388 e. The predicted molar refractivity (Wildman–Crippen MR) is 78.6 cm³/mol. The fourth-order valence-electron chi connectivity index (χ4n) is 1.99. The fourth-order valence-corrected chi connectivity index (χ4v) is 1.99. The molecule has 2 heteroatoms. The molecule has 0 radical (unpaired) electrons. The summed E-state index contributed by atoms with van der Waals surface area (Å²) in [6, 6.07) is 18.6. The van der Waals surface area contributed by atoms with E-state index in [4.69, 9.17) is 0 Å². The normalized spacial score (nSPS) is 11.3. The van der Waals surface area contributed by atoms with Crippen LogP contribution in [0.2, 0.25) is 0 Å². The zero-order valence-corrected chi connectivity index (χ0v) is 10.9. The predicted octanol–water partition coefficient (Wildman–Crippen LogP) is 3.59. The first-order valence-electron chi connectivity index (χ1n) is 6.23. The lowest BCUT2D eigenvalue weighted by Gasteiger charge is -2.12. The van der Waals surface area contributed by atoms with Gasteiger partial charge in [-0.3, -0.25) is 4.99 Å². The molecular formula is C16H18N2. The summed E-state index contributed by atoms with van der Waals surface area (Å²) in [5, 5.41) is 3.22. The highest BCUT2D eigenvalue weighted by molar-refractivity contribution is 6.15. The van der Waals surface area contributed by atoms with Gasteiger partial charge in [0.15, 0.2) is 0 Å². The average molecular weight is 238 g/mol. The van der Waals surface area contributed by atoms with E-state index in [1.54, 1.807) is 0 Å². The number of benzene rings is 2. The molecule has 0 bridgehead atoms. The number of anilines is 1. The molecule has 18 heavy (non-hydrogen) atoms. The molecule has 2 aromatic rings. The number of rotatable bonds is 4. The van der Waals surface area contributed by atoms with Crippen molar-refractivity contribution < 1.29 is 0 Å². The number of hydrogen-bond acceptors (Lipinski definition) is 2. The monoisotopic (exact) mass is 238 g/mol. The minimum Gasteiger partial charge on any atom is -0.388 e. The van der Waals surface area contributed by atoms with Gasteiger partial charge < -0.3 is 5.32 Å². The van der Waals surface area contributed by atoms with Gasteiger partial charge in [0.25, 0.3) is 0 Å². The van der Waals surface area contributed by atoms with Crippen LogP contribution in [0.15, 0.2) is 59.6 Å². The van der Waals surface area contributed by atoms with E-state index in [2.05, 4.69) is 41.5 Å². The summed E-state index contributed by atoms with van der Waals surface area (Å²) in [5.74, 6) is 0. The van der Waals surface area contributed by atoms with Gasteiger partial charge in [0, 0.05) is 30.4 Å². The molecule has 0 heterocycles. The van der Waals surface area contributed by atoms with Crippen LogP contribution in [0.25, 0.3) is 0 Å². The van der Waals surface area contributed by atoms with Gasteiger partial charge in [-0.25, -0.2) is 0 Å². The van der Waals surface area contributed by atoms with Crippen molar-refractivity contribution in [3.05, 3.63) is 65.7 Å². The number of nitrogens with zero attached hydrogens (tertiary/aromatic N) is 1. The third-order valence-corrected chi connectivity index (χ3v) is 2.81. The van der Waals surface area contributed by atoms with Crippen LogP contribution in [0.3, 0.4) is 0 Å². The Balaban J connectivity index is 2.53. The summed E-state index contributed by atoms with van der Waals surface area (Å²) in [6.07, 6.45) is 0. The molecule has 0 aliphatic heterocycles. The van der Waals surface area contributed by atoms with Crippen molar-refractivity contribution in [2.75, 3.05) is 18.9 Å². The van der Waals surface area contributed by atoms with Crippen molar-refractivity contribution in [2.45, 2.75) is 6.92 Å². The highest BCUT2D eigenvalue weighted by Gasteiger charge is 2.09. The quantitative estimate of drug-likeness (QED) is 0.809. The first-order valence-corrected chi connectivity index (χ1v) is 6.23. The minimum absolute atomic E-state index is 0.780. The molecular weight excluding hydrogens is 220 g/mol. The lowest BCUT2D eigenvalue weighted by molar-refractivity contribution is 1.13. The smallest absolute Gasteiger partial charge is 0.0739 e. The van der Waals surface area contributed by atoms with Crippen molar-refractivity contribution >= 4 is 11.4 Å². The molecule has 0 fully saturated rings. The van der Waals surface area contributed by atoms with Crippen molar-refractivity contribution in [3.8, 4) is 0 Å². The molecule has 2 rings (SSSR count). The third-order valence-electron chi connectivity index (χ3n) is 2.81. The number of para-hydroxylation sites is 1. The van der Waals surface area contributed by atoms with E-state index in [1.807, 2.05) is 37.4 Å². The lowest BCUT2D eigenvalue weighted by Crippen LogP contribution is -2.07.